The van der Waals surface area contributed by atoms with Crippen molar-refractivity contribution in [3.63, 3.8) is 0 Å². The maximum Gasteiger partial charge on any atom is 0.406 e. The number of aliphatic hydroxyl groups is 1. The average Bonchev–Trinajstić information content (AvgIpc) is 3.25. The molecule has 1 aliphatic heterocycles. The van der Waals surface area contributed by atoms with Crippen LogP contribution in [0.2, 0.25) is 5.02 Å². The molecule has 1 unspecified atom stereocenters. The largest absolute Gasteiger partial charge is 0.495 e. The van der Waals surface area contributed by atoms with Crippen molar-refractivity contribution in [1.82, 2.24) is 9.47 Å². The molecule has 0 amide bonds. The first-order valence-electron chi connectivity index (χ1n) is 13.1. The topological polar surface area (TPSA) is 70.9 Å². The number of halogens is 4. The van der Waals surface area contributed by atoms with Crippen molar-refractivity contribution in [2.24, 2.45) is 0 Å². The van der Waals surface area contributed by atoms with Gasteiger partial charge in [0.25, 0.3) is 0 Å². The summed E-state index contributed by atoms with van der Waals surface area (Å²) >= 11 is 6.00. The number of β-amino-alcohol motifs (C(OH)–C–C–N with tert-alkyl or cyclic N) is 1. The highest BCUT2D eigenvalue weighted by Crippen LogP contribution is 2.31. The molecule has 0 bridgehead atoms. The van der Waals surface area contributed by atoms with E-state index in [0.29, 0.717) is 40.5 Å². The van der Waals surface area contributed by atoms with Gasteiger partial charge in [0.1, 0.15) is 12.3 Å². The van der Waals surface area contributed by atoms with Gasteiger partial charge in [-0.3, -0.25) is 0 Å². The fourth-order valence-corrected chi connectivity index (χ4v) is 5.13. The van der Waals surface area contributed by atoms with Gasteiger partial charge in [0.15, 0.2) is 0 Å². The third-order valence-electron chi connectivity index (χ3n) is 6.81. The quantitative estimate of drug-likeness (QED) is 0.287. The van der Waals surface area contributed by atoms with E-state index >= 15 is 0 Å². The van der Waals surface area contributed by atoms with Crippen LogP contribution in [0.3, 0.4) is 0 Å². The molecule has 0 saturated carbocycles. The van der Waals surface area contributed by atoms with E-state index in [1.54, 1.807) is 43.5 Å². The fourth-order valence-electron chi connectivity index (χ4n) is 4.97. The molecule has 1 atom stereocenters. The van der Waals surface area contributed by atoms with Crippen molar-refractivity contribution in [3.8, 4) is 17.6 Å². The van der Waals surface area contributed by atoms with Gasteiger partial charge in [0.2, 0.25) is 0 Å². The summed E-state index contributed by atoms with van der Waals surface area (Å²) in [6.45, 7) is 1.54. The lowest BCUT2D eigenvalue weighted by atomic mass is 10.0. The molecule has 0 aliphatic carbocycles. The number of aliphatic hydroxyl groups excluding tert-OH is 1. The maximum absolute atomic E-state index is 13.5. The minimum atomic E-state index is -4.40. The molecule has 1 aliphatic rings. The van der Waals surface area contributed by atoms with Crippen LogP contribution in [0.5, 0.6) is 5.75 Å². The van der Waals surface area contributed by atoms with E-state index in [2.05, 4.69) is 27.4 Å². The van der Waals surface area contributed by atoms with Gasteiger partial charge < -0.3 is 34.7 Å². The Bertz CT molecular complexity index is 1340. The molecular formula is C29H34ClF3N4O3. The minimum absolute atomic E-state index is 0.167. The van der Waals surface area contributed by atoms with Crippen molar-refractivity contribution in [1.29, 1.82) is 0 Å². The van der Waals surface area contributed by atoms with E-state index in [4.69, 9.17) is 21.1 Å². The van der Waals surface area contributed by atoms with Gasteiger partial charge in [-0.15, -0.1) is 0 Å². The molecule has 2 heterocycles. The fraction of sp³-hybridized carbons (Fsp3) is 0.448. The van der Waals surface area contributed by atoms with Crippen molar-refractivity contribution in [2.45, 2.75) is 37.7 Å². The minimum Gasteiger partial charge on any atom is -0.495 e. The number of anilines is 2. The van der Waals surface area contributed by atoms with Gasteiger partial charge in [-0.25, -0.2) is 0 Å². The van der Waals surface area contributed by atoms with Crippen molar-refractivity contribution in [3.05, 3.63) is 53.2 Å². The molecule has 3 N–H and O–H groups in total. The number of likely N-dealkylation sites (tertiary alicyclic amines) is 1. The highest BCUT2D eigenvalue weighted by atomic mass is 35.5. The number of rotatable bonds is 10. The molecule has 0 radical (unpaired) electrons. The highest BCUT2D eigenvalue weighted by Gasteiger charge is 2.30. The summed E-state index contributed by atoms with van der Waals surface area (Å²) in [4.78, 5) is 2.20. The standard InChI is InChI=1S/C29H34ClF3N4O3/c1-39-18-23(38)17-36-13-10-21(11-14-36)35-25-6-3-7-27-24(25)16-22(37(27)19-29(31,32)33)5-4-12-34-26-9-8-20(30)15-28(26)40-2/h3,6-9,15-16,21,23,34-35,38H,10-14,17-19H2,1-2H3. The number of hydrogen-bond donors (Lipinski definition) is 3. The van der Waals surface area contributed by atoms with Crippen molar-refractivity contribution < 1.29 is 27.8 Å². The number of nitrogens with one attached hydrogen (secondary N) is 2. The van der Waals surface area contributed by atoms with Crippen LogP contribution < -0.4 is 15.4 Å². The van der Waals surface area contributed by atoms with Crippen molar-refractivity contribution >= 4 is 33.9 Å². The SMILES string of the molecule is COCC(O)CN1CCC(Nc2cccc3c2cc(C#CCNc2ccc(Cl)cc2OC)n3CC(F)(F)F)CC1. The number of benzene rings is 2. The van der Waals surface area contributed by atoms with Gasteiger partial charge in [-0.2, -0.15) is 13.2 Å². The summed E-state index contributed by atoms with van der Waals surface area (Å²) in [6.07, 6.45) is -3.22. The van der Waals surface area contributed by atoms with Crippen LogP contribution in [0.15, 0.2) is 42.5 Å². The molecule has 0 spiro atoms. The molecule has 4 rings (SSSR count). The van der Waals surface area contributed by atoms with Crippen molar-refractivity contribution in [2.75, 3.05) is 57.6 Å². The molecule has 40 heavy (non-hydrogen) atoms. The molecular weight excluding hydrogens is 545 g/mol. The molecule has 216 valence electrons. The van der Waals surface area contributed by atoms with E-state index < -0.39 is 18.8 Å². The summed E-state index contributed by atoms with van der Waals surface area (Å²) in [7, 11) is 3.09. The van der Waals surface area contributed by atoms with Gasteiger partial charge in [0, 0.05) is 54.9 Å². The Kier molecular flexibility index (Phi) is 10.1. The average molecular weight is 579 g/mol. The summed E-state index contributed by atoms with van der Waals surface area (Å²) < 4.78 is 52.2. The number of fused-ring (bicyclic) bond motifs is 1. The van der Waals surface area contributed by atoms with Crippen LogP contribution in [0.4, 0.5) is 24.5 Å². The Morgan fingerprint density at radius 3 is 2.60 bits per heavy atom. The zero-order valence-electron chi connectivity index (χ0n) is 22.5. The third kappa shape index (κ3) is 7.98. The van der Waals surface area contributed by atoms with Crippen LogP contribution in [-0.2, 0) is 11.3 Å². The van der Waals surface area contributed by atoms with Gasteiger partial charge in [-0.05, 0) is 49.1 Å². The third-order valence-corrected chi connectivity index (χ3v) is 7.04. The zero-order valence-corrected chi connectivity index (χ0v) is 23.3. The monoisotopic (exact) mass is 578 g/mol. The van der Waals surface area contributed by atoms with E-state index in [0.717, 1.165) is 31.6 Å². The molecule has 1 saturated heterocycles. The second kappa shape index (κ2) is 13.5. The lowest BCUT2D eigenvalue weighted by Crippen LogP contribution is -2.43. The van der Waals surface area contributed by atoms with Gasteiger partial charge in [0.05, 0.1) is 43.3 Å². The van der Waals surface area contributed by atoms with Gasteiger partial charge in [-0.1, -0.05) is 23.6 Å². The molecule has 2 aromatic carbocycles. The Balaban J connectivity index is 1.50. The smallest absolute Gasteiger partial charge is 0.406 e. The van der Waals surface area contributed by atoms with Crippen LogP contribution in [0.25, 0.3) is 10.9 Å². The number of methoxy groups -OCH3 is 2. The van der Waals surface area contributed by atoms with E-state index in [-0.39, 0.29) is 18.3 Å². The second-order valence-corrected chi connectivity index (χ2v) is 10.2. The first-order chi connectivity index (χ1) is 19.2. The summed E-state index contributed by atoms with van der Waals surface area (Å²) in [5.41, 5.74) is 2.22. The molecule has 11 heteroatoms. The Hall–Kier alpha value is -3.10. The number of piperidine rings is 1. The lowest BCUT2D eigenvalue weighted by molar-refractivity contribution is -0.140. The number of nitrogens with zero attached hydrogens (tertiary/aromatic N) is 2. The Labute approximate surface area is 237 Å². The molecule has 7 nitrogen and oxygen atoms in total. The zero-order chi connectivity index (χ0) is 28.7. The maximum atomic E-state index is 13.5. The predicted molar refractivity (Wildman–Crippen MR) is 152 cm³/mol. The Morgan fingerprint density at radius 1 is 1.12 bits per heavy atom. The normalized spacial score (nSPS) is 15.5. The van der Waals surface area contributed by atoms with E-state index in [1.165, 1.54) is 11.7 Å². The summed E-state index contributed by atoms with van der Waals surface area (Å²) in [5, 5.41) is 17.9. The summed E-state index contributed by atoms with van der Waals surface area (Å²) in [6, 6.07) is 12.4. The number of aromatic nitrogens is 1. The predicted octanol–water partition coefficient (Wildman–Crippen LogP) is 5.21. The first kappa shape index (κ1) is 29.9. The first-order valence-corrected chi connectivity index (χ1v) is 13.5. The molecule has 3 aromatic rings. The van der Waals surface area contributed by atoms with Crippen LogP contribution in [0.1, 0.15) is 18.5 Å². The van der Waals surface area contributed by atoms with Crippen LogP contribution in [0, 0.1) is 11.8 Å². The van der Waals surface area contributed by atoms with E-state index in [9.17, 15) is 18.3 Å². The highest BCUT2D eigenvalue weighted by molar-refractivity contribution is 6.30. The number of alkyl halides is 3. The summed E-state index contributed by atoms with van der Waals surface area (Å²) in [5.74, 6) is 6.41. The van der Waals surface area contributed by atoms with Crippen LogP contribution >= 0.6 is 11.6 Å². The lowest BCUT2D eigenvalue weighted by Gasteiger charge is -2.34. The molecule has 1 aromatic heterocycles. The van der Waals surface area contributed by atoms with E-state index in [1.807, 2.05) is 6.07 Å². The van der Waals surface area contributed by atoms with Gasteiger partial charge >= 0.3 is 6.18 Å². The molecule has 1 fully saturated rings. The number of hydrogen-bond acceptors (Lipinski definition) is 6. The Morgan fingerprint density at radius 2 is 1.90 bits per heavy atom. The number of ether oxygens (including phenoxy) is 2. The second-order valence-electron chi connectivity index (χ2n) is 9.80. The van der Waals surface area contributed by atoms with Crippen LogP contribution in [-0.4, -0.2) is 79.9 Å².